The molecule has 0 aliphatic carbocycles. The van der Waals surface area contributed by atoms with Gasteiger partial charge < -0.3 is 20.5 Å². The molecule has 0 saturated carbocycles. The van der Waals surface area contributed by atoms with Gasteiger partial charge in [0.05, 0.1) is 26.4 Å². The predicted molar refractivity (Wildman–Crippen MR) is 71.4 cm³/mol. The Morgan fingerprint density at radius 2 is 1.59 bits per heavy atom. The first-order valence-corrected chi connectivity index (χ1v) is 6.72. The molecule has 1 rings (SSSR count). The van der Waals surface area contributed by atoms with Crippen LogP contribution >= 0.6 is 0 Å². The molecule has 17 heavy (non-hydrogen) atoms. The number of hydrogen-bond donors (Lipinski definition) is 2. The highest BCUT2D eigenvalue weighted by Gasteiger charge is 2.07. The molecule has 0 aromatic rings. The van der Waals surface area contributed by atoms with Crippen molar-refractivity contribution in [2.75, 3.05) is 65.7 Å². The van der Waals surface area contributed by atoms with Crippen LogP contribution < -0.4 is 11.1 Å². The average molecular weight is 247 g/mol. The lowest BCUT2D eigenvalue weighted by atomic mass is 10.4. The molecule has 0 atom stereocenters. The quantitative estimate of drug-likeness (QED) is 0.587. The molecule has 104 valence electrons. The van der Waals surface area contributed by atoms with Gasteiger partial charge in [0.25, 0.3) is 0 Å². The van der Waals surface area contributed by atoms with Gasteiger partial charge in [0.15, 0.2) is 0 Å². The summed E-state index contributed by atoms with van der Waals surface area (Å²) in [5, 5.41) is 3.33. The van der Waals surface area contributed by atoms with Crippen molar-refractivity contribution < 1.29 is 9.47 Å². The van der Waals surface area contributed by atoms with E-state index < -0.39 is 0 Å². The zero-order valence-electron chi connectivity index (χ0n) is 11.4. The topological polar surface area (TPSA) is 59.8 Å². The fraction of sp³-hybridized carbons (Fsp3) is 1.00. The van der Waals surface area contributed by atoms with Crippen LogP contribution in [0.1, 0.15) is 13.8 Å². The van der Waals surface area contributed by atoms with Crippen LogP contribution in [0.5, 0.6) is 0 Å². The molecule has 0 amide bonds. The van der Waals surface area contributed by atoms with E-state index in [0.29, 0.717) is 26.4 Å². The molecule has 0 spiro atoms. The van der Waals surface area contributed by atoms with Crippen molar-refractivity contribution in [2.45, 2.75) is 13.8 Å². The third-order valence-electron chi connectivity index (χ3n) is 2.40. The van der Waals surface area contributed by atoms with Crippen LogP contribution in [0.4, 0.5) is 0 Å². The molecule has 5 nitrogen and oxygen atoms in total. The van der Waals surface area contributed by atoms with Gasteiger partial charge in [-0.05, 0) is 0 Å². The van der Waals surface area contributed by atoms with Crippen molar-refractivity contribution in [3.05, 3.63) is 0 Å². The molecule has 0 aromatic carbocycles. The Morgan fingerprint density at radius 1 is 1.00 bits per heavy atom. The lowest BCUT2D eigenvalue weighted by Crippen LogP contribution is -2.44. The molecule has 1 aliphatic rings. The van der Waals surface area contributed by atoms with Gasteiger partial charge in [-0.15, -0.1) is 0 Å². The van der Waals surface area contributed by atoms with Crippen LogP contribution in [-0.2, 0) is 9.47 Å². The summed E-state index contributed by atoms with van der Waals surface area (Å²) in [4.78, 5) is 2.41. The first kappa shape index (κ1) is 16.8. The normalized spacial score (nSPS) is 16.4. The fourth-order valence-corrected chi connectivity index (χ4v) is 1.53. The van der Waals surface area contributed by atoms with E-state index in [9.17, 15) is 0 Å². The number of nitrogens with zero attached hydrogens (tertiary/aromatic N) is 1. The summed E-state index contributed by atoms with van der Waals surface area (Å²) in [6, 6.07) is 0. The largest absolute Gasteiger partial charge is 0.378 e. The zero-order chi connectivity index (χ0) is 12.8. The van der Waals surface area contributed by atoms with Gasteiger partial charge in [-0.2, -0.15) is 0 Å². The Labute approximate surface area is 106 Å². The van der Waals surface area contributed by atoms with Crippen molar-refractivity contribution in [3.63, 3.8) is 0 Å². The maximum atomic E-state index is 5.46. The second-order valence-electron chi connectivity index (χ2n) is 3.61. The minimum atomic E-state index is 0.584. The van der Waals surface area contributed by atoms with E-state index in [1.165, 1.54) is 0 Å². The number of ether oxygens (including phenoxy) is 2. The van der Waals surface area contributed by atoms with E-state index >= 15 is 0 Å². The molecule has 3 N–H and O–H groups in total. The molecule has 1 saturated heterocycles. The summed E-state index contributed by atoms with van der Waals surface area (Å²) in [5.74, 6) is 0. The minimum absolute atomic E-state index is 0.584. The van der Waals surface area contributed by atoms with Crippen molar-refractivity contribution in [1.29, 1.82) is 0 Å². The molecular weight excluding hydrogens is 218 g/mol. The lowest BCUT2D eigenvalue weighted by Gasteiger charge is -2.26. The van der Waals surface area contributed by atoms with Gasteiger partial charge in [0.1, 0.15) is 0 Å². The third-order valence-corrected chi connectivity index (χ3v) is 2.40. The van der Waals surface area contributed by atoms with E-state index in [4.69, 9.17) is 15.2 Å². The molecule has 5 heteroatoms. The zero-order valence-corrected chi connectivity index (χ0v) is 11.4. The van der Waals surface area contributed by atoms with Crippen molar-refractivity contribution in [3.8, 4) is 0 Å². The predicted octanol–water partition coefficient (Wildman–Crippen LogP) is -0.0903. The van der Waals surface area contributed by atoms with Gasteiger partial charge in [-0.3, -0.25) is 4.90 Å². The van der Waals surface area contributed by atoms with Gasteiger partial charge in [-0.25, -0.2) is 0 Å². The summed E-state index contributed by atoms with van der Waals surface area (Å²) in [7, 11) is 0. The van der Waals surface area contributed by atoms with Gasteiger partial charge in [0, 0.05) is 39.3 Å². The van der Waals surface area contributed by atoms with Crippen LogP contribution in [0.2, 0.25) is 0 Å². The summed E-state index contributed by atoms with van der Waals surface area (Å²) < 4.78 is 10.7. The molecule has 0 unspecified atom stereocenters. The lowest BCUT2D eigenvalue weighted by molar-refractivity contribution is 0.0398. The van der Waals surface area contributed by atoms with E-state index in [0.717, 1.165) is 39.3 Å². The van der Waals surface area contributed by atoms with Crippen LogP contribution in [0, 0.1) is 0 Å². The Hall–Kier alpha value is -0.200. The average Bonchev–Trinajstić information content (AvgIpc) is 2.41. The summed E-state index contributed by atoms with van der Waals surface area (Å²) in [5.41, 5.74) is 5.29. The smallest absolute Gasteiger partial charge is 0.0701 e. The van der Waals surface area contributed by atoms with Crippen LogP contribution in [0.3, 0.4) is 0 Å². The van der Waals surface area contributed by atoms with E-state index in [1.807, 2.05) is 13.8 Å². The molecule has 0 bridgehead atoms. The van der Waals surface area contributed by atoms with E-state index in [2.05, 4.69) is 10.2 Å². The van der Waals surface area contributed by atoms with Crippen LogP contribution in [0.25, 0.3) is 0 Å². The number of nitrogens with two attached hydrogens (primary N) is 1. The Kier molecular flexibility index (Phi) is 13.7. The Bertz CT molecular complexity index is 142. The monoisotopic (exact) mass is 247 g/mol. The highest BCUT2D eigenvalue weighted by atomic mass is 16.5. The number of rotatable bonds is 8. The minimum Gasteiger partial charge on any atom is -0.378 e. The van der Waals surface area contributed by atoms with Gasteiger partial charge in [0.2, 0.25) is 0 Å². The highest BCUT2D eigenvalue weighted by molar-refractivity contribution is 4.66. The molecule has 1 fully saturated rings. The van der Waals surface area contributed by atoms with Crippen molar-refractivity contribution in [2.24, 2.45) is 5.73 Å². The summed E-state index contributed by atoms with van der Waals surface area (Å²) >= 11 is 0. The van der Waals surface area contributed by atoms with E-state index in [1.54, 1.807) is 0 Å². The van der Waals surface area contributed by atoms with Crippen LogP contribution in [0.15, 0.2) is 0 Å². The molecule has 0 radical (unpaired) electrons. The maximum Gasteiger partial charge on any atom is 0.0701 e. The van der Waals surface area contributed by atoms with Crippen molar-refractivity contribution in [1.82, 2.24) is 10.2 Å². The van der Waals surface area contributed by atoms with Crippen LogP contribution in [-0.4, -0.2) is 70.6 Å². The summed E-state index contributed by atoms with van der Waals surface area (Å²) in [6.07, 6.45) is 0. The SMILES string of the molecule is CC.NCCOCCOCCN1CCNCC1. The third kappa shape index (κ3) is 10.7. The highest BCUT2D eigenvalue weighted by Crippen LogP contribution is 1.91. The van der Waals surface area contributed by atoms with Crippen molar-refractivity contribution >= 4 is 0 Å². The standard InChI is InChI=1S/C10H23N3O2.C2H6/c11-1-7-14-9-10-15-8-6-13-4-2-12-3-5-13;1-2/h12H,1-11H2;1-2H3. The fourth-order valence-electron chi connectivity index (χ4n) is 1.53. The van der Waals surface area contributed by atoms with Gasteiger partial charge >= 0.3 is 0 Å². The van der Waals surface area contributed by atoms with Gasteiger partial charge in [-0.1, -0.05) is 13.8 Å². The molecule has 0 aromatic heterocycles. The molecule has 1 heterocycles. The first-order chi connectivity index (χ1) is 8.43. The maximum absolute atomic E-state index is 5.46. The molecular formula is C12H29N3O2. The number of nitrogens with one attached hydrogen (secondary N) is 1. The second-order valence-corrected chi connectivity index (χ2v) is 3.61. The number of hydrogen-bond acceptors (Lipinski definition) is 5. The first-order valence-electron chi connectivity index (χ1n) is 6.72. The Morgan fingerprint density at radius 3 is 2.18 bits per heavy atom. The Balaban J connectivity index is 0.00000121. The second kappa shape index (κ2) is 13.9. The number of piperazine rings is 1. The van der Waals surface area contributed by atoms with E-state index in [-0.39, 0.29) is 0 Å². The molecule has 1 aliphatic heterocycles. The summed E-state index contributed by atoms with van der Waals surface area (Å²) in [6.45, 7) is 12.8.